The largest absolute Gasteiger partial charge is 0.329 e. The predicted molar refractivity (Wildman–Crippen MR) is 65.8 cm³/mol. The molecule has 2 heteroatoms. The summed E-state index contributed by atoms with van der Waals surface area (Å²) in [5.74, 6) is 2.87. The molecule has 16 heavy (non-hydrogen) atoms. The smallest absolute Gasteiger partial charge is 0.109 e. The quantitative estimate of drug-likeness (QED) is 0.652. The Labute approximate surface area is 98.1 Å². The third-order valence-electron chi connectivity index (χ3n) is 4.34. The van der Waals surface area contributed by atoms with Crippen molar-refractivity contribution in [2.45, 2.75) is 64.8 Å². The van der Waals surface area contributed by atoms with Crippen molar-refractivity contribution in [1.29, 1.82) is 0 Å². The molecule has 3 unspecified atom stereocenters. The molecule has 0 aromatic carbocycles. The second-order valence-corrected chi connectivity index (χ2v) is 5.92. The molecule has 0 spiro atoms. The molecule has 0 fully saturated rings. The van der Waals surface area contributed by atoms with E-state index in [1.807, 2.05) is 0 Å². The minimum atomic E-state index is 0.670. The second kappa shape index (κ2) is 3.61. The molecule has 1 aliphatic heterocycles. The topological polar surface area (TPSA) is 17.8 Å². The van der Waals surface area contributed by atoms with E-state index in [0.717, 1.165) is 5.92 Å². The monoisotopic (exact) mass is 218 g/mol. The Bertz CT molecular complexity index is 405. The molecule has 0 bridgehead atoms. The highest BCUT2D eigenvalue weighted by atomic mass is 15.1. The number of aromatic nitrogens is 2. The van der Waals surface area contributed by atoms with Gasteiger partial charge in [0.25, 0.3) is 0 Å². The Kier molecular flexibility index (Phi) is 2.34. The molecule has 1 aromatic rings. The number of imidazole rings is 1. The van der Waals surface area contributed by atoms with Gasteiger partial charge in [-0.25, -0.2) is 4.98 Å². The zero-order valence-electron chi connectivity index (χ0n) is 10.7. The van der Waals surface area contributed by atoms with Crippen LogP contribution >= 0.6 is 0 Å². The van der Waals surface area contributed by atoms with Gasteiger partial charge in [-0.05, 0) is 38.5 Å². The molecule has 3 rings (SSSR count). The lowest BCUT2D eigenvalue weighted by Gasteiger charge is -2.28. The normalized spacial score (nSPS) is 33.3. The van der Waals surface area contributed by atoms with Gasteiger partial charge in [0.05, 0.1) is 5.69 Å². The van der Waals surface area contributed by atoms with E-state index in [4.69, 9.17) is 4.98 Å². The third-order valence-corrected chi connectivity index (χ3v) is 4.34. The summed E-state index contributed by atoms with van der Waals surface area (Å²) in [4.78, 5) is 4.92. The van der Waals surface area contributed by atoms with E-state index in [-0.39, 0.29) is 0 Å². The Balaban J connectivity index is 2.11. The van der Waals surface area contributed by atoms with Gasteiger partial charge in [0.15, 0.2) is 0 Å². The van der Waals surface area contributed by atoms with E-state index in [0.29, 0.717) is 12.0 Å². The maximum atomic E-state index is 4.92. The van der Waals surface area contributed by atoms with E-state index in [2.05, 4.69) is 25.3 Å². The lowest BCUT2D eigenvalue weighted by Crippen LogP contribution is -2.21. The van der Waals surface area contributed by atoms with Gasteiger partial charge in [-0.1, -0.05) is 13.8 Å². The number of fused-ring (bicyclic) bond motifs is 3. The molecule has 1 aliphatic carbocycles. The first-order chi connectivity index (χ1) is 7.66. The molecule has 2 heterocycles. The summed E-state index contributed by atoms with van der Waals surface area (Å²) in [5, 5.41) is 0. The highest BCUT2D eigenvalue weighted by Crippen LogP contribution is 2.38. The highest BCUT2D eigenvalue weighted by molar-refractivity contribution is 5.26. The van der Waals surface area contributed by atoms with E-state index < -0.39 is 0 Å². The first-order valence-electron chi connectivity index (χ1n) is 6.76. The van der Waals surface area contributed by atoms with E-state index in [1.165, 1.54) is 43.6 Å². The lowest BCUT2D eigenvalue weighted by atomic mass is 9.84. The number of nitrogens with zero attached hydrogens (tertiary/aromatic N) is 2. The van der Waals surface area contributed by atoms with Crippen LogP contribution in [0.1, 0.15) is 69.2 Å². The van der Waals surface area contributed by atoms with E-state index >= 15 is 0 Å². The van der Waals surface area contributed by atoms with Crippen molar-refractivity contribution >= 4 is 0 Å². The minimum absolute atomic E-state index is 0.670. The third kappa shape index (κ3) is 1.42. The van der Waals surface area contributed by atoms with Crippen LogP contribution in [0.4, 0.5) is 0 Å². The van der Waals surface area contributed by atoms with Gasteiger partial charge in [0.2, 0.25) is 0 Å². The Morgan fingerprint density at radius 3 is 2.88 bits per heavy atom. The van der Waals surface area contributed by atoms with Gasteiger partial charge in [-0.3, -0.25) is 0 Å². The molecule has 88 valence electrons. The van der Waals surface area contributed by atoms with Gasteiger partial charge >= 0.3 is 0 Å². The van der Waals surface area contributed by atoms with Gasteiger partial charge in [0, 0.05) is 24.1 Å². The Hall–Kier alpha value is -0.790. The fraction of sp³-hybridized carbons (Fsp3) is 0.786. The van der Waals surface area contributed by atoms with Crippen LogP contribution in [0.2, 0.25) is 0 Å². The van der Waals surface area contributed by atoms with Crippen molar-refractivity contribution in [1.82, 2.24) is 9.55 Å². The summed E-state index contributed by atoms with van der Waals surface area (Å²) in [6, 6.07) is 0.678. The maximum absolute atomic E-state index is 4.92. The number of aryl methyl sites for hydroxylation is 1. The van der Waals surface area contributed by atoms with Crippen molar-refractivity contribution in [3.8, 4) is 0 Å². The number of hydrogen-bond donors (Lipinski definition) is 0. The summed E-state index contributed by atoms with van der Waals surface area (Å²) >= 11 is 0. The Morgan fingerprint density at radius 2 is 2.06 bits per heavy atom. The SMILES string of the molecule is CC1Cc2c(nc3n2C(C)CCC3)C(C)C1. The summed E-state index contributed by atoms with van der Waals surface area (Å²) < 4.78 is 2.56. The van der Waals surface area contributed by atoms with Crippen LogP contribution in [0.3, 0.4) is 0 Å². The fourth-order valence-corrected chi connectivity index (χ4v) is 3.64. The Morgan fingerprint density at radius 1 is 1.25 bits per heavy atom. The molecule has 3 atom stereocenters. The van der Waals surface area contributed by atoms with Crippen LogP contribution in [0.25, 0.3) is 0 Å². The molecule has 0 radical (unpaired) electrons. The summed E-state index contributed by atoms with van der Waals surface area (Å²) in [7, 11) is 0. The first-order valence-corrected chi connectivity index (χ1v) is 6.76. The van der Waals surface area contributed by atoms with Crippen LogP contribution in [-0.2, 0) is 12.8 Å². The van der Waals surface area contributed by atoms with Gasteiger partial charge < -0.3 is 4.57 Å². The molecule has 2 nitrogen and oxygen atoms in total. The molecule has 1 aromatic heterocycles. The number of rotatable bonds is 0. The van der Waals surface area contributed by atoms with Crippen LogP contribution in [0.5, 0.6) is 0 Å². The zero-order chi connectivity index (χ0) is 11.3. The summed E-state index contributed by atoms with van der Waals surface area (Å²) in [6.07, 6.45) is 6.41. The van der Waals surface area contributed by atoms with Crippen LogP contribution in [-0.4, -0.2) is 9.55 Å². The van der Waals surface area contributed by atoms with Crippen molar-refractivity contribution in [3.05, 3.63) is 17.2 Å². The summed E-state index contributed by atoms with van der Waals surface area (Å²) in [6.45, 7) is 7.08. The first kappa shape index (κ1) is 10.4. The maximum Gasteiger partial charge on any atom is 0.109 e. The lowest BCUT2D eigenvalue weighted by molar-refractivity contribution is 0.385. The average Bonchev–Trinajstić information content (AvgIpc) is 2.58. The highest BCUT2D eigenvalue weighted by Gasteiger charge is 2.30. The molecular weight excluding hydrogens is 196 g/mol. The van der Waals surface area contributed by atoms with E-state index in [1.54, 1.807) is 5.69 Å². The molecule has 0 saturated heterocycles. The van der Waals surface area contributed by atoms with Gasteiger partial charge in [-0.2, -0.15) is 0 Å². The predicted octanol–water partition coefficient (Wildman–Crippen LogP) is 3.47. The second-order valence-electron chi connectivity index (χ2n) is 5.92. The zero-order valence-corrected chi connectivity index (χ0v) is 10.7. The fourth-order valence-electron chi connectivity index (χ4n) is 3.64. The van der Waals surface area contributed by atoms with Crippen LogP contribution in [0, 0.1) is 5.92 Å². The number of hydrogen-bond acceptors (Lipinski definition) is 1. The molecule has 2 aliphatic rings. The average molecular weight is 218 g/mol. The molecule has 0 amide bonds. The van der Waals surface area contributed by atoms with Crippen molar-refractivity contribution in [2.24, 2.45) is 5.92 Å². The van der Waals surface area contributed by atoms with Gasteiger partial charge in [-0.15, -0.1) is 0 Å². The molecular formula is C14H22N2. The van der Waals surface area contributed by atoms with Crippen molar-refractivity contribution in [2.75, 3.05) is 0 Å². The van der Waals surface area contributed by atoms with Gasteiger partial charge in [0.1, 0.15) is 5.82 Å². The van der Waals surface area contributed by atoms with Crippen LogP contribution < -0.4 is 0 Å². The molecule has 0 N–H and O–H groups in total. The van der Waals surface area contributed by atoms with Crippen molar-refractivity contribution < 1.29 is 0 Å². The van der Waals surface area contributed by atoms with E-state index in [9.17, 15) is 0 Å². The molecule has 0 saturated carbocycles. The summed E-state index contributed by atoms with van der Waals surface area (Å²) in [5.41, 5.74) is 2.98. The standard InChI is InChI=1S/C14H22N2/c1-9-7-10(2)14-12(8-9)16-11(3)5-4-6-13(16)15-14/h9-11H,4-8H2,1-3H3. The van der Waals surface area contributed by atoms with Crippen LogP contribution in [0.15, 0.2) is 0 Å². The van der Waals surface area contributed by atoms with Crippen molar-refractivity contribution in [3.63, 3.8) is 0 Å². The minimum Gasteiger partial charge on any atom is -0.329 e.